The third-order valence-electron chi connectivity index (χ3n) is 4.86. The number of hydrogen-bond donors (Lipinski definition) is 0. The van der Waals surface area contributed by atoms with Crippen LogP contribution in [-0.4, -0.2) is 42.0 Å². The molecule has 128 valence electrons. The van der Waals surface area contributed by atoms with Crippen LogP contribution in [-0.2, 0) is 13.0 Å². The minimum atomic E-state index is 0.566. The van der Waals surface area contributed by atoms with Crippen molar-refractivity contribution >= 4 is 0 Å². The highest BCUT2D eigenvalue weighted by Crippen LogP contribution is 2.31. The molecule has 3 heteroatoms. The zero-order chi connectivity index (χ0) is 16.8. The number of hydrogen-bond acceptors (Lipinski definition) is 3. The molecule has 0 bridgehead atoms. The van der Waals surface area contributed by atoms with E-state index in [-0.39, 0.29) is 0 Å². The number of likely N-dealkylation sites (tertiary alicyclic amines) is 1. The van der Waals surface area contributed by atoms with Gasteiger partial charge in [-0.05, 0) is 56.7 Å². The molecule has 1 aliphatic rings. The van der Waals surface area contributed by atoms with Crippen molar-refractivity contribution in [2.75, 3.05) is 27.2 Å². The van der Waals surface area contributed by atoms with Gasteiger partial charge >= 0.3 is 0 Å². The van der Waals surface area contributed by atoms with E-state index in [1.807, 2.05) is 12.3 Å². The molecular formula is C21H29N3. The summed E-state index contributed by atoms with van der Waals surface area (Å²) in [6, 6.07) is 16.0. The molecule has 0 unspecified atom stereocenters. The number of piperidine rings is 1. The first kappa shape index (κ1) is 17.1. The predicted molar refractivity (Wildman–Crippen MR) is 99.9 cm³/mol. The lowest BCUT2D eigenvalue weighted by Crippen LogP contribution is -2.35. The van der Waals surface area contributed by atoms with E-state index >= 15 is 0 Å². The highest BCUT2D eigenvalue weighted by molar-refractivity contribution is 5.25. The zero-order valence-corrected chi connectivity index (χ0v) is 15.0. The van der Waals surface area contributed by atoms with Crippen LogP contribution in [0, 0.1) is 0 Å². The minimum Gasteiger partial charge on any atom is -0.305 e. The standard InChI is InChI=1S/C21H29N3/c1-23(2)17-18-9-11-19(12-10-18)21-8-4-6-15-24(21)16-13-20-7-3-5-14-22-20/h3,5,7,9-12,14,21H,4,6,8,13,15-17H2,1-2H3/t21-/m0/s1. The van der Waals surface area contributed by atoms with Crippen LogP contribution in [0.5, 0.6) is 0 Å². The molecule has 2 heterocycles. The molecule has 0 aliphatic carbocycles. The Labute approximate surface area is 146 Å². The molecule has 1 atom stereocenters. The molecule has 0 amide bonds. The van der Waals surface area contributed by atoms with E-state index in [9.17, 15) is 0 Å². The van der Waals surface area contributed by atoms with Crippen LogP contribution in [0.3, 0.4) is 0 Å². The molecule has 2 aromatic rings. The molecule has 1 fully saturated rings. The van der Waals surface area contributed by atoms with Crippen LogP contribution >= 0.6 is 0 Å². The van der Waals surface area contributed by atoms with E-state index in [1.165, 1.54) is 42.6 Å². The van der Waals surface area contributed by atoms with Gasteiger partial charge in [-0.3, -0.25) is 9.88 Å². The summed E-state index contributed by atoms with van der Waals surface area (Å²) in [4.78, 5) is 9.34. The van der Waals surface area contributed by atoms with E-state index in [4.69, 9.17) is 0 Å². The Kier molecular flexibility index (Phi) is 6.00. The van der Waals surface area contributed by atoms with Gasteiger partial charge < -0.3 is 4.90 Å². The highest BCUT2D eigenvalue weighted by atomic mass is 15.2. The van der Waals surface area contributed by atoms with Crippen molar-refractivity contribution in [3.05, 3.63) is 65.5 Å². The average Bonchev–Trinajstić information content (AvgIpc) is 2.61. The molecule has 1 aliphatic heterocycles. The maximum absolute atomic E-state index is 4.47. The predicted octanol–water partition coefficient (Wildman–Crippen LogP) is 3.91. The van der Waals surface area contributed by atoms with Crippen LogP contribution in [0.25, 0.3) is 0 Å². The zero-order valence-electron chi connectivity index (χ0n) is 15.0. The largest absolute Gasteiger partial charge is 0.305 e. The van der Waals surface area contributed by atoms with Gasteiger partial charge in [-0.25, -0.2) is 0 Å². The third-order valence-corrected chi connectivity index (χ3v) is 4.86. The Morgan fingerprint density at radius 1 is 1.08 bits per heavy atom. The van der Waals surface area contributed by atoms with E-state index in [2.05, 4.69) is 65.3 Å². The molecule has 0 N–H and O–H groups in total. The smallest absolute Gasteiger partial charge is 0.0416 e. The van der Waals surface area contributed by atoms with Gasteiger partial charge in [0.05, 0.1) is 0 Å². The molecule has 0 saturated carbocycles. The topological polar surface area (TPSA) is 19.4 Å². The maximum Gasteiger partial charge on any atom is 0.0416 e. The lowest BCUT2D eigenvalue weighted by atomic mass is 9.94. The number of aromatic nitrogens is 1. The number of nitrogens with zero attached hydrogens (tertiary/aromatic N) is 3. The van der Waals surface area contributed by atoms with Crippen molar-refractivity contribution < 1.29 is 0 Å². The van der Waals surface area contributed by atoms with Gasteiger partial charge in [0.1, 0.15) is 0 Å². The third kappa shape index (κ3) is 4.65. The quantitative estimate of drug-likeness (QED) is 0.803. The molecule has 24 heavy (non-hydrogen) atoms. The van der Waals surface area contributed by atoms with Gasteiger partial charge in [-0.1, -0.05) is 36.8 Å². The summed E-state index contributed by atoms with van der Waals surface area (Å²) in [6.45, 7) is 3.31. The lowest BCUT2D eigenvalue weighted by molar-refractivity contribution is 0.150. The van der Waals surface area contributed by atoms with Crippen molar-refractivity contribution in [2.45, 2.75) is 38.3 Å². The number of pyridine rings is 1. The number of benzene rings is 1. The van der Waals surface area contributed by atoms with Crippen molar-refractivity contribution in [1.82, 2.24) is 14.8 Å². The lowest BCUT2D eigenvalue weighted by Gasteiger charge is -2.36. The van der Waals surface area contributed by atoms with Gasteiger partial charge in [0.2, 0.25) is 0 Å². The minimum absolute atomic E-state index is 0.566. The fourth-order valence-electron chi connectivity index (χ4n) is 3.65. The van der Waals surface area contributed by atoms with Crippen LogP contribution in [0.2, 0.25) is 0 Å². The first-order valence-electron chi connectivity index (χ1n) is 9.10. The van der Waals surface area contributed by atoms with Crippen molar-refractivity contribution in [3.63, 3.8) is 0 Å². The van der Waals surface area contributed by atoms with Gasteiger partial charge in [-0.15, -0.1) is 0 Å². The second-order valence-electron chi connectivity index (χ2n) is 7.10. The van der Waals surface area contributed by atoms with Crippen LogP contribution in [0.15, 0.2) is 48.7 Å². The van der Waals surface area contributed by atoms with Gasteiger partial charge in [0.15, 0.2) is 0 Å². The summed E-state index contributed by atoms with van der Waals surface area (Å²) in [5, 5.41) is 0. The average molecular weight is 323 g/mol. The Hall–Kier alpha value is -1.71. The molecule has 3 nitrogen and oxygen atoms in total. The summed E-state index contributed by atoms with van der Waals surface area (Å²) in [6.07, 6.45) is 6.86. The van der Waals surface area contributed by atoms with Crippen molar-refractivity contribution in [1.29, 1.82) is 0 Å². The highest BCUT2D eigenvalue weighted by Gasteiger charge is 2.23. The maximum atomic E-state index is 4.47. The fourth-order valence-corrected chi connectivity index (χ4v) is 3.65. The molecule has 3 rings (SSSR count). The Morgan fingerprint density at radius 3 is 2.62 bits per heavy atom. The summed E-state index contributed by atoms with van der Waals surface area (Å²) in [5.41, 5.74) is 4.06. The molecular weight excluding hydrogens is 294 g/mol. The van der Waals surface area contributed by atoms with Crippen LogP contribution in [0.1, 0.15) is 42.1 Å². The Bertz CT molecular complexity index is 607. The summed E-state index contributed by atoms with van der Waals surface area (Å²) < 4.78 is 0. The summed E-state index contributed by atoms with van der Waals surface area (Å²) >= 11 is 0. The normalized spacial score (nSPS) is 18.9. The van der Waals surface area contributed by atoms with Crippen LogP contribution < -0.4 is 0 Å². The summed E-state index contributed by atoms with van der Waals surface area (Å²) in [7, 11) is 4.24. The Morgan fingerprint density at radius 2 is 1.92 bits per heavy atom. The van der Waals surface area contributed by atoms with Crippen molar-refractivity contribution in [3.8, 4) is 0 Å². The second-order valence-corrected chi connectivity index (χ2v) is 7.10. The van der Waals surface area contributed by atoms with Crippen LogP contribution in [0.4, 0.5) is 0 Å². The number of rotatable bonds is 6. The molecule has 1 aromatic carbocycles. The fraction of sp³-hybridized carbons (Fsp3) is 0.476. The molecule has 0 spiro atoms. The first-order chi connectivity index (χ1) is 11.7. The van der Waals surface area contributed by atoms with Gasteiger partial charge in [0, 0.05) is 37.4 Å². The van der Waals surface area contributed by atoms with Crippen molar-refractivity contribution in [2.24, 2.45) is 0 Å². The summed E-state index contributed by atoms with van der Waals surface area (Å²) in [5.74, 6) is 0. The molecule has 0 radical (unpaired) electrons. The van der Waals surface area contributed by atoms with E-state index in [0.29, 0.717) is 6.04 Å². The monoisotopic (exact) mass is 323 g/mol. The SMILES string of the molecule is CN(C)Cc1ccc([C@@H]2CCCCN2CCc2ccccn2)cc1. The van der Waals surface area contributed by atoms with E-state index < -0.39 is 0 Å². The van der Waals surface area contributed by atoms with E-state index in [0.717, 1.165) is 19.5 Å². The Balaban J connectivity index is 1.65. The first-order valence-corrected chi connectivity index (χ1v) is 9.10. The van der Waals surface area contributed by atoms with Gasteiger partial charge in [0.25, 0.3) is 0 Å². The molecule has 1 aromatic heterocycles. The molecule has 1 saturated heterocycles. The van der Waals surface area contributed by atoms with E-state index in [1.54, 1.807) is 0 Å². The second kappa shape index (κ2) is 8.41. The van der Waals surface area contributed by atoms with Gasteiger partial charge in [-0.2, -0.15) is 0 Å².